The summed E-state index contributed by atoms with van der Waals surface area (Å²) >= 11 is 11.7. The van der Waals surface area contributed by atoms with Crippen LogP contribution in [0, 0.1) is 11.8 Å². The smallest absolute Gasteiger partial charge is 0.0265 e. The normalized spacial score (nSPS) is 22.0. The summed E-state index contributed by atoms with van der Waals surface area (Å²) in [5, 5.41) is 0. The Kier molecular flexibility index (Phi) is 4.70. The van der Waals surface area contributed by atoms with E-state index in [4.69, 9.17) is 23.2 Å². The Balaban J connectivity index is 2.32. The second kappa shape index (κ2) is 5.31. The molecule has 1 fully saturated rings. The fourth-order valence-corrected chi connectivity index (χ4v) is 2.63. The Morgan fingerprint density at radius 2 is 1.75 bits per heavy atom. The largest absolute Gasteiger partial charge is 0.306 e. The number of hydrogen-bond donors (Lipinski definition) is 0. The Bertz CT molecular complexity index is 118. The number of alkyl halides is 2. The van der Waals surface area contributed by atoms with Crippen molar-refractivity contribution in [1.82, 2.24) is 4.90 Å². The van der Waals surface area contributed by atoms with Gasteiger partial charge in [0.25, 0.3) is 0 Å². The molecular formula is C9H17Cl2N. The molecule has 0 spiro atoms. The molecule has 1 aliphatic heterocycles. The minimum absolute atomic E-state index is 0.530. The van der Waals surface area contributed by atoms with Gasteiger partial charge in [-0.15, -0.1) is 23.2 Å². The highest BCUT2D eigenvalue weighted by Gasteiger charge is 2.23. The Hall–Kier alpha value is 0.540. The van der Waals surface area contributed by atoms with Crippen LogP contribution in [0.25, 0.3) is 0 Å². The van der Waals surface area contributed by atoms with Gasteiger partial charge in [0, 0.05) is 11.8 Å². The van der Waals surface area contributed by atoms with Gasteiger partial charge in [-0.05, 0) is 44.8 Å². The molecule has 3 heteroatoms. The average Bonchev–Trinajstić information content (AvgIpc) is 2.10. The zero-order chi connectivity index (χ0) is 8.97. The predicted molar refractivity (Wildman–Crippen MR) is 55.2 cm³/mol. The van der Waals surface area contributed by atoms with Gasteiger partial charge in [-0.1, -0.05) is 0 Å². The summed E-state index contributed by atoms with van der Waals surface area (Å²) in [5.74, 6) is 2.73. The molecule has 0 aliphatic carbocycles. The van der Waals surface area contributed by atoms with E-state index in [0.717, 1.165) is 17.7 Å². The lowest BCUT2D eigenvalue weighted by atomic mass is 9.87. The van der Waals surface area contributed by atoms with E-state index in [-0.39, 0.29) is 0 Å². The molecule has 12 heavy (non-hydrogen) atoms. The number of rotatable bonds is 3. The first-order valence-electron chi connectivity index (χ1n) is 4.58. The van der Waals surface area contributed by atoms with Crippen molar-refractivity contribution in [3.8, 4) is 0 Å². The molecule has 1 rings (SSSR count). The molecule has 72 valence electrons. The van der Waals surface area contributed by atoms with Crippen molar-refractivity contribution < 1.29 is 0 Å². The molecule has 1 nitrogen and oxygen atoms in total. The monoisotopic (exact) mass is 209 g/mol. The van der Waals surface area contributed by atoms with Crippen LogP contribution in [0.3, 0.4) is 0 Å². The molecule has 0 bridgehead atoms. The second-order valence-electron chi connectivity index (χ2n) is 3.71. The third-order valence-corrected chi connectivity index (χ3v) is 3.62. The molecule has 0 N–H and O–H groups in total. The minimum Gasteiger partial charge on any atom is -0.306 e. The van der Waals surface area contributed by atoms with Crippen LogP contribution in [-0.4, -0.2) is 36.8 Å². The maximum Gasteiger partial charge on any atom is 0.0265 e. The van der Waals surface area contributed by atoms with E-state index in [1.54, 1.807) is 0 Å². The summed E-state index contributed by atoms with van der Waals surface area (Å²) in [6.45, 7) is 2.41. The van der Waals surface area contributed by atoms with E-state index in [1.165, 1.54) is 25.9 Å². The third kappa shape index (κ3) is 2.79. The van der Waals surface area contributed by atoms with Crippen LogP contribution in [-0.2, 0) is 0 Å². The second-order valence-corrected chi connectivity index (χ2v) is 4.33. The van der Waals surface area contributed by atoms with Gasteiger partial charge in [0.1, 0.15) is 0 Å². The molecule has 0 atom stereocenters. The molecule has 0 radical (unpaired) electrons. The van der Waals surface area contributed by atoms with Gasteiger partial charge in [0.2, 0.25) is 0 Å². The number of nitrogens with zero attached hydrogens (tertiary/aromatic N) is 1. The first-order valence-corrected chi connectivity index (χ1v) is 5.65. The summed E-state index contributed by atoms with van der Waals surface area (Å²) in [7, 11) is 2.17. The van der Waals surface area contributed by atoms with Gasteiger partial charge in [-0.25, -0.2) is 0 Å². The van der Waals surface area contributed by atoms with Crippen molar-refractivity contribution in [2.24, 2.45) is 11.8 Å². The molecule has 0 unspecified atom stereocenters. The van der Waals surface area contributed by atoms with E-state index < -0.39 is 0 Å². The summed E-state index contributed by atoms with van der Waals surface area (Å²) in [6, 6.07) is 0. The van der Waals surface area contributed by atoms with Crippen LogP contribution >= 0.6 is 23.2 Å². The van der Waals surface area contributed by atoms with E-state index in [2.05, 4.69) is 11.9 Å². The lowest BCUT2D eigenvalue weighted by molar-refractivity contribution is 0.187. The van der Waals surface area contributed by atoms with Crippen molar-refractivity contribution in [1.29, 1.82) is 0 Å². The zero-order valence-electron chi connectivity index (χ0n) is 7.60. The van der Waals surface area contributed by atoms with Crippen molar-refractivity contribution in [3.05, 3.63) is 0 Å². The lowest BCUT2D eigenvalue weighted by Crippen LogP contribution is -2.34. The average molecular weight is 210 g/mol. The Labute approximate surface area is 85.0 Å². The van der Waals surface area contributed by atoms with Crippen LogP contribution in [0.15, 0.2) is 0 Å². The van der Waals surface area contributed by atoms with E-state index >= 15 is 0 Å². The fourth-order valence-electron chi connectivity index (χ4n) is 1.79. The molecular weight excluding hydrogens is 193 g/mol. The molecule has 0 aromatic rings. The van der Waals surface area contributed by atoms with Gasteiger partial charge in [-0.2, -0.15) is 0 Å². The summed E-state index contributed by atoms with van der Waals surface area (Å²) in [6.07, 6.45) is 2.53. The summed E-state index contributed by atoms with van der Waals surface area (Å²) < 4.78 is 0. The molecule has 0 amide bonds. The van der Waals surface area contributed by atoms with Crippen LogP contribution < -0.4 is 0 Å². The highest BCUT2D eigenvalue weighted by atomic mass is 35.5. The number of likely N-dealkylation sites (tertiary alicyclic amines) is 1. The highest BCUT2D eigenvalue weighted by molar-refractivity contribution is 6.20. The lowest BCUT2D eigenvalue weighted by Gasteiger charge is -2.32. The molecule has 1 saturated heterocycles. The molecule has 0 aromatic heterocycles. The van der Waals surface area contributed by atoms with E-state index in [0.29, 0.717) is 5.92 Å². The maximum absolute atomic E-state index is 5.84. The number of halogens is 2. The van der Waals surface area contributed by atoms with Gasteiger partial charge < -0.3 is 4.90 Å². The summed E-state index contributed by atoms with van der Waals surface area (Å²) in [4.78, 5) is 2.37. The first kappa shape index (κ1) is 10.6. The van der Waals surface area contributed by atoms with Crippen molar-refractivity contribution in [2.45, 2.75) is 12.8 Å². The number of piperidine rings is 1. The maximum atomic E-state index is 5.84. The van der Waals surface area contributed by atoms with Gasteiger partial charge in [-0.3, -0.25) is 0 Å². The van der Waals surface area contributed by atoms with Crippen molar-refractivity contribution in [3.63, 3.8) is 0 Å². The number of hydrogen-bond acceptors (Lipinski definition) is 1. The van der Waals surface area contributed by atoms with Crippen LogP contribution in [0.5, 0.6) is 0 Å². The minimum atomic E-state index is 0.530. The Morgan fingerprint density at radius 3 is 2.17 bits per heavy atom. The van der Waals surface area contributed by atoms with Crippen LogP contribution in [0.1, 0.15) is 12.8 Å². The van der Waals surface area contributed by atoms with E-state index in [9.17, 15) is 0 Å². The molecule has 0 saturated carbocycles. The SMILES string of the molecule is CN1CCC(C(CCl)CCl)CC1. The van der Waals surface area contributed by atoms with Crippen molar-refractivity contribution in [2.75, 3.05) is 31.9 Å². The quantitative estimate of drug-likeness (QED) is 0.646. The molecule has 1 aliphatic rings. The Morgan fingerprint density at radius 1 is 1.25 bits per heavy atom. The van der Waals surface area contributed by atoms with Gasteiger partial charge in [0.05, 0.1) is 0 Å². The van der Waals surface area contributed by atoms with Crippen molar-refractivity contribution >= 4 is 23.2 Å². The standard InChI is InChI=1S/C9H17Cl2N/c1-12-4-2-8(3-5-12)9(6-10)7-11/h8-9H,2-7H2,1H3. The van der Waals surface area contributed by atoms with Gasteiger partial charge in [0.15, 0.2) is 0 Å². The summed E-state index contributed by atoms with van der Waals surface area (Å²) in [5.41, 5.74) is 0. The zero-order valence-corrected chi connectivity index (χ0v) is 9.11. The highest BCUT2D eigenvalue weighted by Crippen LogP contribution is 2.26. The molecule has 1 heterocycles. The first-order chi connectivity index (χ1) is 5.77. The molecule has 0 aromatic carbocycles. The van der Waals surface area contributed by atoms with Gasteiger partial charge >= 0.3 is 0 Å². The van der Waals surface area contributed by atoms with Crippen LogP contribution in [0.2, 0.25) is 0 Å². The topological polar surface area (TPSA) is 3.24 Å². The van der Waals surface area contributed by atoms with E-state index in [1.807, 2.05) is 0 Å². The third-order valence-electron chi connectivity index (χ3n) is 2.83. The fraction of sp³-hybridized carbons (Fsp3) is 1.00. The van der Waals surface area contributed by atoms with Crippen LogP contribution in [0.4, 0.5) is 0 Å². The predicted octanol–water partition coefficient (Wildman–Crippen LogP) is 2.42.